The molecule has 0 aliphatic carbocycles. The second-order valence-electron chi connectivity index (χ2n) is 6.62. The molecular weight excluding hydrogens is 314 g/mol. The van der Waals surface area contributed by atoms with E-state index in [0.717, 1.165) is 34.5 Å². The largest absolute Gasteiger partial charge is 0.326 e. The first-order valence-electron chi connectivity index (χ1n) is 8.44. The average molecular weight is 337 g/mol. The maximum Gasteiger partial charge on any atom is 0.224 e. The Morgan fingerprint density at radius 2 is 1.84 bits per heavy atom. The van der Waals surface area contributed by atoms with Crippen LogP contribution in [0.4, 0.5) is 11.4 Å². The van der Waals surface area contributed by atoms with Gasteiger partial charge in [-0.25, -0.2) is 0 Å². The van der Waals surface area contributed by atoms with Gasteiger partial charge in [0.05, 0.1) is 0 Å². The van der Waals surface area contributed by atoms with E-state index in [1.54, 1.807) is 6.92 Å². The lowest BCUT2D eigenvalue weighted by molar-refractivity contribution is -0.117. The number of rotatable bonds is 2. The number of hydrogen-bond donors (Lipinski definition) is 2. The predicted molar refractivity (Wildman–Crippen MR) is 100 cm³/mol. The summed E-state index contributed by atoms with van der Waals surface area (Å²) in [6, 6.07) is 13.7. The van der Waals surface area contributed by atoms with E-state index in [0.29, 0.717) is 0 Å². The summed E-state index contributed by atoms with van der Waals surface area (Å²) in [5.74, 6) is -0.0724. The molecule has 0 saturated heterocycles. The van der Waals surface area contributed by atoms with Crippen LogP contribution in [0.2, 0.25) is 0 Å². The molecule has 0 spiro atoms. The summed E-state index contributed by atoms with van der Waals surface area (Å²) in [6.45, 7) is 5.10. The average Bonchev–Trinajstić information content (AvgIpc) is 2.54. The highest BCUT2D eigenvalue weighted by molar-refractivity contribution is 5.94. The van der Waals surface area contributed by atoms with Gasteiger partial charge in [-0.3, -0.25) is 9.59 Å². The Hall–Kier alpha value is -2.66. The van der Waals surface area contributed by atoms with Crippen molar-refractivity contribution in [3.63, 3.8) is 0 Å². The summed E-state index contributed by atoms with van der Waals surface area (Å²) in [7, 11) is 0. The standard InChI is InChI=1S/C20H23N3O2/c1-12-9-19(21)18-11-16(7-8-20(18)23(12)14(3)25)15-5-4-6-17(10-15)22-13(2)24/h4-8,10-12,19H,9,21H2,1-3H3,(H,22,24). The van der Waals surface area contributed by atoms with Crippen molar-refractivity contribution in [2.45, 2.75) is 39.3 Å². The molecule has 1 aliphatic heterocycles. The van der Waals surface area contributed by atoms with E-state index >= 15 is 0 Å². The lowest BCUT2D eigenvalue weighted by atomic mass is 9.89. The minimum atomic E-state index is -0.101. The second-order valence-corrected chi connectivity index (χ2v) is 6.62. The van der Waals surface area contributed by atoms with Crippen LogP contribution in [0.5, 0.6) is 0 Å². The van der Waals surface area contributed by atoms with Crippen molar-refractivity contribution in [1.82, 2.24) is 0 Å². The van der Waals surface area contributed by atoms with E-state index < -0.39 is 0 Å². The number of fused-ring (bicyclic) bond motifs is 1. The molecule has 5 heteroatoms. The third-order valence-electron chi connectivity index (χ3n) is 4.58. The molecule has 25 heavy (non-hydrogen) atoms. The molecule has 2 unspecified atom stereocenters. The first-order chi connectivity index (χ1) is 11.9. The van der Waals surface area contributed by atoms with Crippen LogP contribution >= 0.6 is 0 Å². The van der Waals surface area contributed by atoms with Crippen molar-refractivity contribution in [1.29, 1.82) is 0 Å². The number of nitrogens with two attached hydrogens (primary N) is 1. The van der Waals surface area contributed by atoms with Crippen LogP contribution in [0, 0.1) is 0 Å². The van der Waals surface area contributed by atoms with E-state index in [-0.39, 0.29) is 23.9 Å². The first-order valence-corrected chi connectivity index (χ1v) is 8.44. The Morgan fingerprint density at radius 1 is 1.12 bits per heavy atom. The number of nitrogens with one attached hydrogen (secondary N) is 1. The number of carbonyl (C=O) groups excluding carboxylic acids is 2. The number of benzene rings is 2. The molecule has 0 fully saturated rings. The minimum Gasteiger partial charge on any atom is -0.326 e. The van der Waals surface area contributed by atoms with Crippen LogP contribution in [0.25, 0.3) is 11.1 Å². The quantitative estimate of drug-likeness (QED) is 0.881. The topological polar surface area (TPSA) is 75.4 Å². The molecule has 1 aliphatic rings. The van der Waals surface area contributed by atoms with Gasteiger partial charge in [0, 0.05) is 37.3 Å². The van der Waals surface area contributed by atoms with Gasteiger partial charge in [0.25, 0.3) is 0 Å². The highest BCUT2D eigenvalue weighted by atomic mass is 16.2. The Morgan fingerprint density at radius 3 is 2.52 bits per heavy atom. The van der Waals surface area contributed by atoms with Crippen LogP contribution in [-0.2, 0) is 9.59 Å². The zero-order chi connectivity index (χ0) is 18.1. The van der Waals surface area contributed by atoms with Gasteiger partial charge in [-0.1, -0.05) is 18.2 Å². The number of hydrogen-bond acceptors (Lipinski definition) is 3. The zero-order valence-electron chi connectivity index (χ0n) is 14.7. The van der Waals surface area contributed by atoms with E-state index in [9.17, 15) is 9.59 Å². The van der Waals surface area contributed by atoms with Gasteiger partial charge < -0.3 is 16.0 Å². The molecule has 5 nitrogen and oxygen atoms in total. The highest BCUT2D eigenvalue weighted by Gasteiger charge is 2.30. The van der Waals surface area contributed by atoms with Crippen LogP contribution < -0.4 is 16.0 Å². The van der Waals surface area contributed by atoms with Crippen LogP contribution in [0.1, 0.15) is 38.8 Å². The molecular formula is C20H23N3O2. The number of nitrogens with zero attached hydrogens (tertiary/aromatic N) is 1. The van der Waals surface area contributed by atoms with E-state index in [4.69, 9.17) is 5.73 Å². The van der Waals surface area contributed by atoms with Gasteiger partial charge in [-0.05, 0) is 54.3 Å². The first kappa shape index (κ1) is 17.2. The lowest BCUT2D eigenvalue weighted by Gasteiger charge is -2.38. The van der Waals surface area contributed by atoms with Crippen LogP contribution in [0.15, 0.2) is 42.5 Å². The molecule has 3 N–H and O–H groups in total. The minimum absolute atomic E-state index is 0.0288. The molecule has 1 heterocycles. The number of anilines is 2. The summed E-state index contributed by atoms with van der Waals surface area (Å²) in [6.07, 6.45) is 0.738. The van der Waals surface area contributed by atoms with Gasteiger partial charge in [-0.15, -0.1) is 0 Å². The number of amides is 2. The van der Waals surface area contributed by atoms with Gasteiger partial charge in [0.15, 0.2) is 0 Å². The Kier molecular flexibility index (Phi) is 4.59. The fourth-order valence-corrected chi connectivity index (χ4v) is 3.55. The molecule has 0 saturated carbocycles. The van der Waals surface area contributed by atoms with Gasteiger partial charge in [-0.2, -0.15) is 0 Å². The van der Waals surface area contributed by atoms with Crippen molar-refractivity contribution in [2.24, 2.45) is 5.73 Å². The van der Waals surface area contributed by atoms with Crippen molar-refractivity contribution in [2.75, 3.05) is 10.2 Å². The summed E-state index contributed by atoms with van der Waals surface area (Å²) in [4.78, 5) is 25.1. The normalized spacial score (nSPS) is 19.3. The zero-order valence-corrected chi connectivity index (χ0v) is 14.7. The Labute approximate surface area is 147 Å². The molecule has 0 bridgehead atoms. The summed E-state index contributed by atoms with van der Waals surface area (Å²) >= 11 is 0. The molecule has 3 rings (SSSR count). The molecule has 2 amide bonds. The third-order valence-corrected chi connectivity index (χ3v) is 4.58. The van der Waals surface area contributed by atoms with Gasteiger partial charge in [0.2, 0.25) is 11.8 Å². The third kappa shape index (κ3) is 3.42. The maximum atomic E-state index is 12.0. The van der Waals surface area contributed by atoms with Crippen molar-refractivity contribution < 1.29 is 9.59 Å². The lowest BCUT2D eigenvalue weighted by Crippen LogP contribution is -2.43. The summed E-state index contributed by atoms with van der Waals surface area (Å²) in [5, 5.41) is 2.80. The molecule has 0 radical (unpaired) electrons. The summed E-state index contributed by atoms with van der Waals surface area (Å²) in [5.41, 5.74) is 11.0. The second kappa shape index (κ2) is 6.69. The Bertz CT molecular complexity index is 831. The molecule has 2 aromatic rings. The molecule has 0 aromatic heterocycles. The monoisotopic (exact) mass is 337 g/mol. The van der Waals surface area contributed by atoms with Gasteiger partial charge in [0.1, 0.15) is 0 Å². The van der Waals surface area contributed by atoms with Crippen LogP contribution in [-0.4, -0.2) is 17.9 Å². The molecule has 130 valence electrons. The van der Waals surface area contributed by atoms with E-state index in [2.05, 4.69) is 11.4 Å². The van der Waals surface area contributed by atoms with Crippen LogP contribution in [0.3, 0.4) is 0 Å². The van der Waals surface area contributed by atoms with E-state index in [1.807, 2.05) is 48.2 Å². The van der Waals surface area contributed by atoms with Crippen molar-refractivity contribution in [3.05, 3.63) is 48.0 Å². The Balaban J connectivity index is 2.02. The molecule has 2 aromatic carbocycles. The van der Waals surface area contributed by atoms with Gasteiger partial charge >= 0.3 is 0 Å². The van der Waals surface area contributed by atoms with E-state index in [1.165, 1.54) is 6.92 Å². The molecule has 2 atom stereocenters. The predicted octanol–water partition coefficient (Wildman–Crippen LogP) is 3.46. The maximum absolute atomic E-state index is 12.0. The highest BCUT2D eigenvalue weighted by Crippen LogP contribution is 2.38. The fraction of sp³-hybridized carbons (Fsp3) is 0.300. The van der Waals surface area contributed by atoms with Crippen molar-refractivity contribution in [3.8, 4) is 11.1 Å². The SMILES string of the molecule is CC(=O)Nc1cccc(-c2ccc3c(c2)C(N)CC(C)N3C(C)=O)c1. The smallest absolute Gasteiger partial charge is 0.224 e. The fourth-order valence-electron chi connectivity index (χ4n) is 3.55. The number of carbonyl (C=O) groups is 2. The van der Waals surface area contributed by atoms with Crippen molar-refractivity contribution >= 4 is 23.2 Å². The summed E-state index contributed by atoms with van der Waals surface area (Å²) < 4.78 is 0.